The monoisotopic (exact) mass is 276 g/mol. The summed E-state index contributed by atoms with van der Waals surface area (Å²) in [5.41, 5.74) is 0.405. The number of benzene rings is 1. The molecule has 0 bridgehead atoms. The maximum absolute atomic E-state index is 11.9. The minimum Gasteiger partial charge on any atom is -0.489 e. The number of ether oxygens (including phenoxy) is 3. The Morgan fingerprint density at radius 2 is 1.90 bits per heavy atom. The maximum atomic E-state index is 11.9. The van der Waals surface area contributed by atoms with Crippen LogP contribution in [0.2, 0.25) is 0 Å². The molecule has 1 spiro atoms. The third-order valence-corrected chi connectivity index (χ3v) is 3.69. The molecule has 0 atom stereocenters. The predicted octanol–water partition coefficient (Wildman–Crippen LogP) is 1.98. The zero-order chi connectivity index (χ0) is 14.2. The van der Waals surface area contributed by atoms with Gasteiger partial charge < -0.3 is 14.2 Å². The van der Waals surface area contributed by atoms with Gasteiger partial charge >= 0.3 is 5.97 Å². The van der Waals surface area contributed by atoms with Crippen LogP contribution in [0.25, 0.3) is 0 Å². The highest BCUT2D eigenvalue weighted by atomic mass is 16.5. The Labute approximate surface area is 116 Å². The van der Waals surface area contributed by atoms with Crippen molar-refractivity contribution in [3.63, 3.8) is 0 Å². The molecular formula is C15H16O5. The van der Waals surface area contributed by atoms with Gasteiger partial charge in [0, 0.05) is 11.0 Å². The average Bonchev–Trinajstić information content (AvgIpc) is 3.25. The highest BCUT2D eigenvalue weighted by Crippen LogP contribution is 2.49. The molecule has 20 heavy (non-hydrogen) atoms. The van der Waals surface area contributed by atoms with Crippen LogP contribution in [-0.4, -0.2) is 31.6 Å². The standard InChI is InChI=1S/C15H16O5/c1-2-18-14(17)13(16)10-3-4-11-12(7-10)20-9-15(5-6-15)8-19-11/h3-4,7H,2,5-6,8-9H2,1H3. The molecular weight excluding hydrogens is 260 g/mol. The number of Topliss-reactive ketones (excluding diaryl/α,β-unsaturated/α-hetero) is 1. The molecule has 0 amide bonds. The second-order valence-corrected chi connectivity index (χ2v) is 5.29. The first kappa shape index (κ1) is 13.0. The van der Waals surface area contributed by atoms with Crippen LogP contribution in [0.5, 0.6) is 11.5 Å². The smallest absolute Gasteiger partial charge is 0.379 e. The van der Waals surface area contributed by atoms with Gasteiger partial charge in [0.2, 0.25) is 0 Å². The van der Waals surface area contributed by atoms with Crippen molar-refractivity contribution >= 4 is 11.8 Å². The molecule has 0 N–H and O–H groups in total. The molecule has 106 valence electrons. The molecule has 2 aliphatic rings. The normalized spacial score (nSPS) is 18.2. The lowest BCUT2D eigenvalue weighted by molar-refractivity contribution is -0.137. The summed E-state index contributed by atoms with van der Waals surface area (Å²) >= 11 is 0. The van der Waals surface area contributed by atoms with Gasteiger partial charge in [-0.25, -0.2) is 4.79 Å². The lowest BCUT2D eigenvalue weighted by atomic mass is 10.1. The van der Waals surface area contributed by atoms with E-state index < -0.39 is 11.8 Å². The van der Waals surface area contributed by atoms with Crippen LogP contribution in [-0.2, 0) is 9.53 Å². The highest BCUT2D eigenvalue weighted by Gasteiger charge is 2.46. The fraction of sp³-hybridized carbons (Fsp3) is 0.467. The predicted molar refractivity (Wildman–Crippen MR) is 70.1 cm³/mol. The zero-order valence-electron chi connectivity index (χ0n) is 11.3. The van der Waals surface area contributed by atoms with Crippen molar-refractivity contribution in [2.45, 2.75) is 19.8 Å². The molecule has 1 heterocycles. The number of ketones is 1. The summed E-state index contributed by atoms with van der Waals surface area (Å²) in [4.78, 5) is 23.3. The molecule has 5 heteroatoms. The average molecular weight is 276 g/mol. The van der Waals surface area contributed by atoms with E-state index in [0.29, 0.717) is 24.7 Å². The minimum atomic E-state index is -0.847. The van der Waals surface area contributed by atoms with E-state index in [2.05, 4.69) is 0 Å². The Kier molecular flexibility index (Phi) is 3.12. The van der Waals surface area contributed by atoms with Crippen LogP contribution in [0.1, 0.15) is 30.1 Å². The van der Waals surface area contributed by atoms with Gasteiger partial charge in [0.1, 0.15) is 0 Å². The first-order chi connectivity index (χ1) is 9.63. The number of rotatable bonds is 3. The van der Waals surface area contributed by atoms with Gasteiger partial charge in [0.15, 0.2) is 11.5 Å². The molecule has 0 aromatic heterocycles. The van der Waals surface area contributed by atoms with Gasteiger partial charge in [-0.3, -0.25) is 4.79 Å². The number of carbonyl (C=O) groups is 2. The van der Waals surface area contributed by atoms with Crippen molar-refractivity contribution in [3.05, 3.63) is 23.8 Å². The number of hydrogen-bond donors (Lipinski definition) is 0. The van der Waals surface area contributed by atoms with E-state index in [1.165, 1.54) is 0 Å². The summed E-state index contributed by atoms with van der Waals surface area (Å²) in [6, 6.07) is 4.78. The number of esters is 1. The van der Waals surface area contributed by atoms with Gasteiger partial charge in [0.05, 0.1) is 19.8 Å². The Morgan fingerprint density at radius 1 is 1.20 bits per heavy atom. The summed E-state index contributed by atoms with van der Waals surface area (Å²) in [7, 11) is 0. The van der Waals surface area contributed by atoms with Gasteiger partial charge in [-0.1, -0.05) is 0 Å². The van der Waals surface area contributed by atoms with Gasteiger partial charge in [-0.05, 0) is 38.0 Å². The Bertz CT molecular complexity index is 559. The molecule has 5 nitrogen and oxygen atoms in total. The first-order valence-electron chi connectivity index (χ1n) is 6.75. The van der Waals surface area contributed by atoms with Crippen molar-refractivity contribution in [2.24, 2.45) is 5.41 Å². The second kappa shape index (κ2) is 4.81. The molecule has 1 fully saturated rings. The zero-order valence-corrected chi connectivity index (χ0v) is 11.3. The van der Waals surface area contributed by atoms with E-state index in [-0.39, 0.29) is 17.6 Å². The van der Waals surface area contributed by atoms with E-state index >= 15 is 0 Å². The van der Waals surface area contributed by atoms with E-state index in [1.807, 2.05) is 0 Å². The molecule has 1 saturated carbocycles. The molecule has 1 aliphatic carbocycles. The van der Waals surface area contributed by atoms with Crippen molar-refractivity contribution in [3.8, 4) is 11.5 Å². The van der Waals surface area contributed by atoms with E-state index in [0.717, 1.165) is 12.8 Å². The van der Waals surface area contributed by atoms with Crippen LogP contribution < -0.4 is 9.47 Å². The topological polar surface area (TPSA) is 61.8 Å². The van der Waals surface area contributed by atoms with Crippen LogP contribution in [0.4, 0.5) is 0 Å². The third kappa shape index (κ3) is 2.35. The highest BCUT2D eigenvalue weighted by molar-refractivity contribution is 6.40. The molecule has 1 aromatic rings. The van der Waals surface area contributed by atoms with Crippen LogP contribution >= 0.6 is 0 Å². The SMILES string of the molecule is CCOC(=O)C(=O)c1ccc2c(c1)OCC1(CC1)CO2. The third-order valence-electron chi connectivity index (χ3n) is 3.69. The second-order valence-electron chi connectivity index (χ2n) is 5.29. The molecule has 0 saturated heterocycles. The summed E-state index contributed by atoms with van der Waals surface area (Å²) in [5, 5.41) is 0. The summed E-state index contributed by atoms with van der Waals surface area (Å²) in [6.45, 7) is 3.08. The van der Waals surface area contributed by atoms with Crippen molar-refractivity contribution in [1.29, 1.82) is 0 Å². The van der Waals surface area contributed by atoms with Gasteiger partial charge in [-0.15, -0.1) is 0 Å². The van der Waals surface area contributed by atoms with E-state index in [9.17, 15) is 9.59 Å². The fourth-order valence-corrected chi connectivity index (χ4v) is 2.16. The van der Waals surface area contributed by atoms with Crippen LogP contribution in [0.3, 0.4) is 0 Å². The van der Waals surface area contributed by atoms with Crippen molar-refractivity contribution in [2.75, 3.05) is 19.8 Å². The van der Waals surface area contributed by atoms with Gasteiger partial charge in [-0.2, -0.15) is 0 Å². The quantitative estimate of drug-likeness (QED) is 0.480. The van der Waals surface area contributed by atoms with E-state index in [4.69, 9.17) is 14.2 Å². The molecule has 1 aromatic carbocycles. The molecule has 0 radical (unpaired) electrons. The van der Waals surface area contributed by atoms with Gasteiger partial charge in [0.25, 0.3) is 5.78 Å². The molecule has 1 aliphatic heterocycles. The fourth-order valence-electron chi connectivity index (χ4n) is 2.16. The van der Waals surface area contributed by atoms with Crippen LogP contribution in [0, 0.1) is 5.41 Å². The number of carbonyl (C=O) groups excluding carboxylic acids is 2. The lowest BCUT2D eigenvalue weighted by Crippen LogP contribution is -2.18. The Balaban J connectivity index is 1.81. The van der Waals surface area contributed by atoms with Crippen LogP contribution in [0.15, 0.2) is 18.2 Å². The number of fused-ring (bicyclic) bond motifs is 1. The summed E-state index contributed by atoms with van der Waals surface area (Å²) in [6.07, 6.45) is 2.21. The number of hydrogen-bond acceptors (Lipinski definition) is 5. The first-order valence-corrected chi connectivity index (χ1v) is 6.75. The largest absolute Gasteiger partial charge is 0.489 e. The summed E-state index contributed by atoms with van der Waals surface area (Å²) < 4.78 is 16.2. The summed E-state index contributed by atoms with van der Waals surface area (Å²) in [5.74, 6) is -0.373. The van der Waals surface area contributed by atoms with E-state index in [1.54, 1.807) is 25.1 Å². The minimum absolute atomic E-state index is 0.143. The molecule has 0 unspecified atom stereocenters. The maximum Gasteiger partial charge on any atom is 0.379 e. The molecule has 3 rings (SSSR count). The Morgan fingerprint density at radius 3 is 2.55 bits per heavy atom. The Hall–Kier alpha value is -2.04. The van der Waals surface area contributed by atoms with Crippen molar-refractivity contribution < 1.29 is 23.8 Å². The van der Waals surface area contributed by atoms with Crippen molar-refractivity contribution in [1.82, 2.24) is 0 Å². The lowest BCUT2D eigenvalue weighted by Gasteiger charge is -2.08.